The third kappa shape index (κ3) is 4.72. The van der Waals surface area contributed by atoms with Crippen LogP contribution < -0.4 is 5.32 Å². The van der Waals surface area contributed by atoms with Crippen LogP contribution in [-0.4, -0.2) is 31.4 Å². The van der Waals surface area contributed by atoms with Crippen molar-refractivity contribution in [3.8, 4) is 11.3 Å². The fourth-order valence-electron chi connectivity index (χ4n) is 3.97. The molecule has 0 radical (unpaired) electrons. The highest BCUT2D eigenvalue weighted by atomic mass is 32.2. The van der Waals surface area contributed by atoms with Crippen LogP contribution >= 0.6 is 23.1 Å². The molecule has 0 bridgehead atoms. The molecule has 1 amide bonds. The summed E-state index contributed by atoms with van der Waals surface area (Å²) in [5.74, 6) is 2.06. The van der Waals surface area contributed by atoms with E-state index in [1.165, 1.54) is 39.8 Å². The van der Waals surface area contributed by atoms with Crippen LogP contribution in [0, 0.1) is 13.8 Å². The van der Waals surface area contributed by atoms with Gasteiger partial charge in [-0.3, -0.25) is 4.79 Å². The second kappa shape index (κ2) is 9.11. The van der Waals surface area contributed by atoms with E-state index >= 15 is 0 Å². The van der Waals surface area contributed by atoms with E-state index < -0.39 is 0 Å². The van der Waals surface area contributed by atoms with E-state index in [1.807, 2.05) is 23.1 Å². The van der Waals surface area contributed by atoms with Gasteiger partial charge in [0.2, 0.25) is 5.91 Å². The number of benzene rings is 2. The Kier molecular flexibility index (Phi) is 6.03. The summed E-state index contributed by atoms with van der Waals surface area (Å²) in [6.45, 7) is 4.18. The zero-order chi connectivity index (χ0) is 22.9. The minimum absolute atomic E-state index is 0.0980. The van der Waals surface area contributed by atoms with Crippen LogP contribution in [0.25, 0.3) is 11.3 Å². The Morgan fingerprint density at radius 3 is 2.73 bits per heavy atom. The SMILES string of the molecule is Cc1ccc(-c2csc(NC(=O)CSc3nnc(C4CC4c4ccccc4)n3C)n2)cc1C. The van der Waals surface area contributed by atoms with E-state index in [0.717, 1.165) is 28.7 Å². The smallest absolute Gasteiger partial charge is 0.236 e. The molecule has 2 aromatic heterocycles. The van der Waals surface area contributed by atoms with Gasteiger partial charge in [-0.25, -0.2) is 4.98 Å². The van der Waals surface area contributed by atoms with Crippen LogP contribution in [0.2, 0.25) is 0 Å². The van der Waals surface area contributed by atoms with Gasteiger partial charge in [0.05, 0.1) is 11.4 Å². The Labute approximate surface area is 201 Å². The first-order valence-electron chi connectivity index (χ1n) is 10.9. The lowest BCUT2D eigenvalue weighted by Gasteiger charge is -2.04. The minimum Gasteiger partial charge on any atom is -0.309 e. The second-order valence-electron chi connectivity index (χ2n) is 8.43. The Balaban J connectivity index is 1.17. The molecule has 1 aliphatic carbocycles. The molecule has 2 aromatic carbocycles. The fraction of sp³-hybridized carbons (Fsp3) is 0.280. The van der Waals surface area contributed by atoms with Crippen LogP contribution in [0.15, 0.2) is 59.1 Å². The monoisotopic (exact) mass is 475 g/mol. The number of carbonyl (C=O) groups excluding carboxylic acids is 1. The highest BCUT2D eigenvalue weighted by Crippen LogP contribution is 2.54. The molecule has 1 saturated carbocycles. The van der Waals surface area contributed by atoms with Crippen molar-refractivity contribution < 1.29 is 4.79 Å². The first-order chi connectivity index (χ1) is 16.0. The molecule has 0 aliphatic heterocycles. The Hall–Kier alpha value is -2.97. The highest BCUT2D eigenvalue weighted by Gasteiger charge is 2.42. The zero-order valence-corrected chi connectivity index (χ0v) is 20.4. The van der Waals surface area contributed by atoms with Gasteiger partial charge >= 0.3 is 0 Å². The van der Waals surface area contributed by atoms with E-state index in [-0.39, 0.29) is 11.7 Å². The van der Waals surface area contributed by atoms with Gasteiger partial charge in [-0.1, -0.05) is 54.2 Å². The van der Waals surface area contributed by atoms with Gasteiger partial charge in [0.15, 0.2) is 10.3 Å². The topological polar surface area (TPSA) is 72.7 Å². The quantitative estimate of drug-likeness (QED) is 0.355. The average molecular weight is 476 g/mol. The van der Waals surface area contributed by atoms with Crippen LogP contribution in [0.5, 0.6) is 0 Å². The maximum Gasteiger partial charge on any atom is 0.236 e. The van der Waals surface area contributed by atoms with Gasteiger partial charge in [-0.2, -0.15) is 0 Å². The van der Waals surface area contributed by atoms with Crippen molar-refractivity contribution in [2.45, 2.75) is 37.3 Å². The van der Waals surface area contributed by atoms with Crippen molar-refractivity contribution in [3.63, 3.8) is 0 Å². The van der Waals surface area contributed by atoms with E-state index in [0.29, 0.717) is 17.0 Å². The zero-order valence-electron chi connectivity index (χ0n) is 18.8. The molecule has 168 valence electrons. The number of thioether (sulfide) groups is 1. The Morgan fingerprint density at radius 2 is 1.94 bits per heavy atom. The number of hydrogen-bond donors (Lipinski definition) is 1. The third-order valence-corrected chi connectivity index (χ3v) is 7.88. The molecule has 4 aromatic rings. The lowest BCUT2D eigenvalue weighted by Crippen LogP contribution is -2.14. The number of aryl methyl sites for hydroxylation is 2. The lowest BCUT2D eigenvalue weighted by atomic mass is 10.1. The molecule has 0 spiro atoms. The van der Waals surface area contributed by atoms with Crippen molar-refractivity contribution >= 4 is 34.1 Å². The van der Waals surface area contributed by atoms with E-state index in [4.69, 9.17) is 0 Å². The number of rotatable bonds is 7. The van der Waals surface area contributed by atoms with Gasteiger partial charge in [-0.05, 0) is 48.9 Å². The highest BCUT2D eigenvalue weighted by molar-refractivity contribution is 7.99. The number of nitrogens with one attached hydrogen (secondary N) is 1. The number of hydrogen-bond acceptors (Lipinski definition) is 6. The average Bonchev–Trinajstić information content (AvgIpc) is 3.32. The van der Waals surface area contributed by atoms with Crippen molar-refractivity contribution in [3.05, 3.63) is 76.4 Å². The summed E-state index contributed by atoms with van der Waals surface area (Å²) in [5.41, 5.74) is 5.77. The summed E-state index contributed by atoms with van der Waals surface area (Å²) in [7, 11) is 1.98. The molecule has 2 atom stereocenters. The summed E-state index contributed by atoms with van der Waals surface area (Å²) >= 11 is 2.83. The molecular weight excluding hydrogens is 450 g/mol. The summed E-state index contributed by atoms with van der Waals surface area (Å²) < 4.78 is 2.02. The van der Waals surface area contributed by atoms with E-state index in [1.54, 1.807) is 0 Å². The van der Waals surface area contributed by atoms with Gasteiger partial charge < -0.3 is 9.88 Å². The maximum absolute atomic E-state index is 12.5. The van der Waals surface area contributed by atoms with Crippen molar-refractivity contribution in [2.75, 3.05) is 11.1 Å². The van der Waals surface area contributed by atoms with Crippen molar-refractivity contribution in [2.24, 2.45) is 7.05 Å². The molecule has 0 saturated heterocycles. The summed E-state index contributed by atoms with van der Waals surface area (Å²) in [6.07, 6.45) is 1.09. The Bertz CT molecular complexity index is 1300. The van der Waals surface area contributed by atoms with E-state index in [2.05, 4.69) is 76.8 Å². The van der Waals surface area contributed by atoms with Crippen molar-refractivity contribution in [1.82, 2.24) is 19.7 Å². The summed E-state index contributed by atoms with van der Waals surface area (Å²) in [6, 6.07) is 16.8. The van der Waals surface area contributed by atoms with E-state index in [9.17, 15) is 4.79 Å². The number of thiazole rings is 1. The first-order valence-corrected chi connectivity index (χ1v) is 12.8. The molecule has 8 heteroatoms. The van der Waals surface area contributed by atoms with Gasteiger partial charge in [0.25, 0.3) is 0 Å². The molecule has 1 aliphatic rings. The van der Waals surface area contributed by atoms with Crippen LogP contribution in [0.1, 0.15) is 40.8 Å². The van der Waals surface area contributed by atoms with Crippen LogP contribution in [-0.2, 0) is 11.8 Å². The molecule has 6 nitrogen and oxygen atoms in total. The standard InChI is InChI=1S/C25H25N5OS2/c1-15-9-10-18(11-16(15)2)21-13-32-24(26-21)27-22(31)14-33-25-29-28-23(30(25)3)20-12-19(20)17-7-5-4-6-8-17/h4-11,13,19-20H,12,14H2,1-3H3,(H,26,27,31). The number of anilines is 1. The van der Waals surface area contributed by atoms with Crippen LogP contribution in [0.4, 0.5) is 5.13 Å². The van der Waals surface area contributed by atoms with Gasteiger partial charge in [-0.15, -0.1) is 21.5 Å². The molecule has 1 fully saturated rings. The third-order valence-electron chi connectivity index (χ3n) is 6.10. The van der Waals surface area contributed by atoms with Crippen LogP contribution in [0.3, 0.4) is 0 Å². The number of amides is 1. The summed E-state index contributed by atoms with van der Waals surface area (Å²) in [4.78, 5) is 17.1. The predicted octanol–water partition coefficient (Wildman–Crippen LogP) is 5.56. The normalized spacial score (nSPS) is 17.2. The molecular formula is C25H25N5OS2. The molecule has 2 unspecified atom stereocenters. The maximum atomic E-state index is 12.5. The first kappa shape index (κ1) is 21.9. The molecule has 33 heavy (non-hydrogen) atoms. The molecule has 2 heterocycles. The fourth-order valence-corrected chi connectivity index (χ4v) is 5.43. The largest absolute Gasteiger partial charge is 0.309 e. The van der Waals surface area contributed by atoms with Gasteiger partial charge in [0.1, 0.15) is 5.82 Å². The number of carbonyl (C=O) groups is 1. The number of aromatic nitrogens is 4. The van der Waals surface area contributed by atoms with Crippen molar-refractivity contribution in [1.29, 1.82) is 0 Å². The molecule has 1 N–H and O–H groups in total. The second-order valence-corrected chi connectivity index (χ2v) is 10.2. The number of nitrogens with zero attached hydrogens (tertiary/aromatic N) is 4. The summed E-state index contributed by atoms with van der Waals surface area (Å²) in [5, 5.41) is 15.0. The van der Waals surface area contributed by atoms with Gasteiger partial charge in [0, 0.05) is 23.9 Å². The predicted molar refractivity (Wildman–Crippen MR) is 134 cm³/mol. The lowest BCUT2D eigenvalue weighted by molar-refractivity contribution is -0.113. The Morgan fingerprint density at radius 1 is 1.12 bits per heavy atom. The minimum atomic E-state index is -0.0980. The molecule has 5 rings (SSSR count).